The molecule has 4 aromatic rings. The summed E-state index contributed by atoms with van der Waals surface area (Å²) in [5.74, 6) is -2.68. The molecule has 3 heterocycles. The zero-order valence-corrected chi connectivity index (χ0v) is 22.3. The Balaban J connectivity index is 0.000000557. The Morgan fingerprint density at radius 2 is 1.85 bits per heavy atom. The molecule has 1 aliphatic rings. The number of thiophene rings is 1. The number of carboxylic acid groups (broad SMARTS) is 2. The first-order valence-corrected chi connectivity index (χ1v) is 13.4. The minimum absolute atomic E-state index is 0.202. The van der Waals surface area contributed by atoms with Crippen LogP contribution in [-0.4, -0.2) is 69.0 Å². The number of nitrogens with zero attached hydrogens (tertiary/aromatic N) is 1. The van der Waals surface area contributed by atoms with Gasteiger partial charge in [0.15, 0.2) is 0 Å². The minimum Gasteiger partial charge on any atom is -0.490 e. The number of rotatable bonds is 6. The predicted molar refractivity (Wildman–Crippen MR) is 145 cm³/mol. The number of aromatic nitrogens is 1. The molecule has 0 spiro atoms. The van der Waals surface area contributed by atoms with E-state index < -0.39 is 29.8 Å². The van der Waals surface area contributed by atoms with Crippen LogP contribution in [0.1, 0.15) is 36.1 Å². The molecule has 2 aromatic carbocycles. The van der Waals surface area contributed by atoms with Crippen LogP contribution in [-0.2, 0) is 15.8 Å². The summed E-state index contributed by atoms with van der Waals surface area (Å²) in [6.45, 7) is 3.61. The summed E-state index contributed by atoms with van der Waals surface area (Å²) >= 11 is 1.47. The van der Waals surface area contributed by atoms with Crippen LogP contribution in [0.2, 0.25) is 0 Å². The Kier molecular flexibility index (Phi) is 9.02. The minimum atomic E-state index is -4.35. The van der Waals surface area contributed by atoms with Crippen LogP contribution in [0.5, 0.6) is 5.75 Å². The van der Waals surface area contributed by atoms with Gasteiger partial charge in [-0.15, -0.1) is 11.3 Å². The van der Waals surface area contributed by atoms with Gasteiger partial charge in [0.05, 0.1) is 5.56 Å². The summed E-state index contributed by atoms with van der Waals surface area (Å²) in [7, 11) is 0. The zero-order valence-electron chi connectivity index (χ0n) is 21.5. The molecule has 1 aliphatic heterocycles. The Hall–Kier alpha value is -3.61. The van der Waals surface area contributed by atoms with E-state index in [1.807, 2.05) is 30.5 Å². The fraction of sp³-hybridized carbons (Fsp3) is 0.357. The lowest BCUT2D eigenvalue weighted by molar-refractivity contribution is -0.159. The van der Waals surface area contributed by atoms with Gasteiger partial charge in [0.1, 0.15) is 18.5 Å². The molecule has 0 saturated carbocycles. The van der Waals surface area contributed by atoms with Gasteiger partial charge in [-0.05, 0) is 68.6 Å². The van der Waals surface area contributed by atoms with Crippen LogP contribution in [0.4, 0.5) is 13.2 Å². The largest absolute Gasteiger partial charge is 0.490 e. The number of nitrogens with one attached hydrogen (secondary N) is 1. The number of ether oxygens (including phenoxy) is 1. The number of aliphatic hydroxyl groups excluding tert-OH is 1. The van der Waals surface area contributed by atoms with Gasteiger partial charge >= 0.3 is 18.1 Å². The molecule has 4 N–H and O–H groups in total. The molecular weight excluding hydrogens is 549 g/mol. The summed E-state index contributed by atoms with van der Waals surface area (Å²) in [6, 6.07) is 14.1. The molecular formula is C28H29F3N2O6S. The molecule has 0 aliphatic carbocycles. The number of halogens is 3. The molecule has 5 rings (SSSR count). The lowest BCUT2D eigenvalue weighted by atomic mass is 9.89. The maximum atomic E-state index is 13.4. The third kappa shape index (κ3) is 6.93. The monoisotopic (exact) mass is 578 g/mol. The Morgan fingerprint density at radius 3 is 2.52 bits per heavy atom. The van der Waals surface area contributed by atoms with Crippen LogP contribution >= 0.6 is 11.3 Å². The molecule has 0 radical (unpaired) electrons. The quantitative estimate of drug-likeness (QED) is 0.221. The normalized spacial score (nSPS) is 18.7. The average Bonchev–Trinajstić information content (AvgIpc) is 3.55. The summed E-state index contributed by atoms with van der Waals surface area (Å²) in [6.07, 6.45) is -1.41. The van der Waals surface area contributed by atoms with Gasteiger partial charge in [-0.25, -0.2) is 9.59 Å². The van der Waals surface area contributed by atoms with Crippen molar-refractivity contribution in [2.45, 2.75) is 44.0 Å². The van der Waals surface area contributed by atoms with Crippen molar-refractivity contribution >= 4 is 44.3 Å². The summed E-state index contributed by atoms with van der Waals surface area (Å²) in [5.41, 5.74) is 0.433. The number of hydrogen-bond acceptors (Lipinski definition) is 6. The first-order valence-electron chi connectivity index (χ1n) is 12.6. The fourth-order valence-electron chi connectivity index (χ4n) is 4.97. The highest BCUT2D eigenvalue weighted by atomic mass is 32.1. The van der Waals surface area contributed by atoms with Gasteiger partial charge in [-0.2, -0.15) is 13.2 Å². The first-order chi connectivity index (χ1) is 18.9. The molecule has 12 heteroatoms. The number of aliphatic carboxylic acids is 2. The highest BCUT2D eigenvalue weighted by Crippen LogP contribution is 2.42. The van der Waals surface area contributed by atoms with E-state index >= 15 is 0 Å². The predicted octanol–water partition coefficient (Wildman–Crippen LogP) is 5.56. The molecule has 3 atom stereocenters. The van der Waals surface area contributed by atoms with E-state index in [-0.39, 0.29) is 18.6 Å². The van der Waals surface area contributed by atoms with E-state index in [0.29, 0.717) is 16.6 Å². The number of carboxylic acids is 2. The van der Waals surface area contributed by atoms with Crippen molar-refractivity contribution in [2.75, 3.05) is 19.7 Å². The number of β-amino-alcohol motifs (C(OH)–C–C–N with tert-alkyl or cyclic N) is 1. The van der Waals surface area contributed by atoms with Gasteiger partial charge in [-0.3, -0.25) is 4.90 Å². The van der Waals surface area contributed by atoms with Gasteiger partial charge in [0.25, 0.3) is 0 Å². The molecule has 0 unspecified atom stereocenters. The molecule has 1 saturated heterocycles. The van der Waals surface area contributed by atoms with E-state index in [4.69, 9.17) is 24.5 Å². The maximum absolute atomic E-state index is 13.4. The molecule has 1 fully saturated rings. The number of likely N-dealkylation sites (tertiary alicyclic amines) is 1. The average molecular weight is 579 g/mol. The van der Waals surface area contributed by atoms with Crippen molar-refractivity contribution in [2.24, 2.45) is 0 Å². The third-order valence-corrected chi connectivity index (χ3v) is 8.18. The number of alkyl halides is 3. The SMILES string of the molecule is C[C@H]1C[C@H](c2cc3c(C(F)(F)F)cccc3s2)CCN1C[C@H](O)COc1cccc2[nH]ccc12.O=C(O)C(=O)O. The number of fused-ring (bicyclic) bond motifs is 2. The standard InChI is InChI=1S/C26H27F3N2O2S.C2H2O4/c1-16-12-17(25-13-20-21(26(27,28)29)4-2-7-24(20)34-25)9-11-31(16)14-18(32)15-33-23-6-3-5-22-19(23)8-10-30-22;3-1(4)2(5)6/h2-8,10,13,16-18,30,32H,9,11-12,14-15H2,1H3;(H,3,4)(H,5,6)/t16-,17+,18-;/m0./s1. The second-order valence-corrected chi connectivity index (χ2v) is 10.8. The highest BCUT2D eigenvalue weighted by Gasteiger charge is 2.34. The molecule has 2 aromatic heterocycles. The lowest BCUT2D eigenvalue weighted by Gasteiger charge is -2.38. The van der Waals surface area contributed by atoms with E-state index in [2.05, 4.69) is 16.8 Å². The lowest BCUT2D eigenvalue weighted by Crippen LogP contribution is -2.45. The molecule has 0 amide bonds. The van der Waals surface area contributed by atoms with Crippen molar-refractivity contribution in [3.8, 4) is 5.75 Å². The van der Waals surface area contributed by atoms with Crippen LogP contribution in [0.3, 0.4) is 0 Å². The van der Waals surface area contributed by atoms with Crippen LogP contribution in [0, 0.1) is 0 Å². The van der Waals surface area contributed by atoms with E-state index in [1.54, 1.807) is 12.1 Å². The van der Waals surface area contributed by atoms with E-state index in [1.165, 1.54) is 17.4 Å². The third-order valence-electron chi connectivity index (χ3n) is 6.92. The number of piperidine rings is 1. The molecule has 214 valence electrons. The van der Waals surface area contributed by atoms with Crippen molar-refractivity contribution in [1.82, 2.24) is 9.88 Å². The van der Waals surface area contributed by atoms with Crippen molar-refractivity contribution in [3.05, 3.63) is 65.2 Å². The zero-order chi connectivity index (χ0) is 29.0. The Bertz CT molecular complexity index is 1470. The molecule has 0 bridgehead atoms. The second kappa shape index (κ2) is 12.3. The van der Waals surface area contributed by atoms with Crippen molar-refractivity contribution in [1.29, 1.82) is 0 Å². The van der Waals surface area contributed by atoms with Crippen LogP contribution < -0.4 is 4.74 Å². The van der Waals surface area contributed by atoms with E-state index in [9.17, 15) is 18.3 Å². The van der Waals surface area contributed by atoms with E-state index in [0.717, 1.165) is 47.0 Å². The fourth-order valence-corrected chi connectivity index (χ4v) is 6.21. The summed E-state index contributed by atoms with van der Waals surface area (Å²) < 4.78 is 46.8. The number of benzene rings is 2. The first kappa shape index (κ1) is 29.4. The smallest absolute Gasteiger partial charge is 0.417 e. The number of aliphatic hydroxyl groups is 1. The van der Waals surface area contributed by atoms with Gasteiger partial charge in [0, 0.05) is 44.6 Å². The number of H-pyrrole nitrogens is 1. The number of carbonyl (C=O) groups is 2. The van der Waals surface area contributed by atoms with Gasteiger partial charge < -0.3 is 25.0 Å². The maximum Gasteiger partial charge on any atom is 0.417 e. The van der Waals surface area contributed by atoms with Gasteiger partial charge in [-0.1, -0.05) is 12.1 Å². The number of aromatic amines is 1. The topological polar surface area (TPSA) is 123 Å². The summed E-state index contributed by atoms with van der Waals surface area (Å²) in [4.78, 5) is 24.6. The molecule has 40 heavy (non-hydrogen) atoms. The van der Waals surface area contributed by atoms with Gasteiger partial charge in [0.2, 0.25) is 0 Å². The van der Waals surface area contributed by atoms with Crippen LogP contribution in [0.15, 0.2) is 54.7 Å². The summed E-state index contributed by atoms with van der Waals surface area (Å²) in [5, 5.41) is 26.7. The highest BCUT2D eigenvalue weighted by molar-refractivity contribution is 7.19. The number of hydrogen-bond donors (Lipinski definition) is 4. The van der Waals surface area contributed by atoms with Crippen molar-refractivity contribution in [3.63, 3.8) is 0 Å². The second-order valence-electron chi connectivity index (χ2n) is 9.70. The Morgan fingerprint density at radius 1 is 1.12 bits per heavy atom. The Labute approximate surface area is 231 Å². The van der Waals surface area contributed by atoms with Crippen molar-refractivity contribution < 1.29 is 42.8 Å². The van der Waals surface area contributed by atoms with Crippen LogP contribution in [0.25, 0.3) is 21.0 Å². The molecule has 8 nitrogen and oxygen atoms in total.